The molecular weight excluding hydrogens is 1150 g/mol. The highest BCUT2D eigenvalue weighted by atomic mass is 19.1. The normalized spacial score (nSPS) is 13.2. The van der Waals surface area contributed by atoms with Crippen LogP contribution in [0, 0.1) is 11.6 Å². The van der Waals surface area contributed by atoms with E-state index < -0.39 is 11.1 Å². The molecular formula is C88H84F2N4. The van der Waals surface area contributed by atoms with Gasteiger partial charge in [-0.2, -0.15) is 0 Å². The van der Waals surface area contributed by atoms with Crippen molar-refractivity contribution < 1.29 is 8.78 Å². The summed E-state index contributed by atoms with van der Waals surface area (Å²) < 4.78 is 43.1. The van der Waals surface area contributed by atoms with E-state index in [0.717, 1.165) is 132 Å². The molecule has 470 valence electrons. The molecule has 94 heavy (non-hydrogen) atoms. The van der Waals surface area contributed by atoms with Crippen LogP contribution in [0.2, 0.25) is 0 Å². The number of halogens is 2. The minimum Gasteiger partial charge on any atom is -0.331 e. The summed E-state index contributed by atoms with van der Waals surface area (Å²) in [7, 11) is 0. The highest BCUT2D eigenvalue weighted by Gasteiger charge is 2.44. The van der Waals surface area contributed by atoms with Crippen molar-refractivity contribution in [1.29, 1.82) is 0 Å². The zero-order chi connectivity index (χ0) is 66.1. The molecule has 0 saturated carbocycles. The van der Waals surface area contributed by atoms with Crippen LogP contribution in [0.1, 0.15) is 144 Å². The Morgan fingerprint density at radius 2 is 0.489 bits per heavy atom. The molecule has 0 saturated heterocycles. The summed E-state index contributed by atoms with van der Waals surface area (Å²) in [6, 6.07) is 78.4. The van der Waals surface area contributed by atoms with E-state index in [4.69, 9.17) is 0 Å². The topological polar surface area (TPSA) is 19.7 Å². The molecule has 6 heteroatoms. The summed E-state index contributed by atoms with van der Waals surface area (Å²) in [6.45, 7) is 37.2. The highest BCUT2D eigenvalue weighted by molar-refractivity contribution is 6.15. The van der Waals surface area contributed by atoms with Crippen molar-refractivity contribution in [3.63, 3.8) is 0 Å². The van der Waals surface area contributed by atoms with Gasteiger partial charge in [0, 0.05) is 81.8 Å². The third-order valence-corrected chi connectivity index (χ3v) is 20.7. The lowest BCUT2D eigenvalue weighted by atomic mass is 9.74. The van der Waals surface area contributed by atoms with Crippen LogP contribution in [-0.2, 0) is 32.7 Å². The van der Waals surface area contributed by atoms with E-state index in [0.29, 0.717) is 0 Å². The lowest BCUT2D eigenvalue weighted by Gasteiger charge is -2.42. The van der Waals surface area contributed by atoms with Crippen molar-refractivity contribution in [2.24, 2.45) is 0 Å². The maximum absolute atomic E-state index is 16.4. The van der Waals surface area contributed by atoms with Gasteiger partial charge in [-0.25, -0.2) is 8.78 Å². The van der Waals surface area contributed by atoms with Crippen LogP contribution in [0.5, 0.6) is 0 Å². The monoisotopic (exact) mass is 1230 g/mol. The zero-order valence-corrected chi connectivity index (χ0v) is 57.3. The van der Waals surface area contributed by atoms with Crippen molar-refractivity contribution in [2.75, 3.05) is 0 Å². The predicted molar refractivity (Wildman–Crippen MR) is 396 cm³/mol. The number of benzene rings is 11. The molecule has 4 aromatic heterocycles. The first kappa shape index (κ1) is 60.7. The Morgan fingerprint density at radius 1 is 0.245 bits per heavy atom. The van der Waals surface area contributed by atoms with E-state index in [2.05, 4.69) is 299 Å². The largest absolute Gasteiger partial charge is 0.331 e. The summed E-state index contributed by atoms with van der Waals surface area (Å²) in [5.74, 6) is -0.656. The molecule has 0 radical (unpaired) electrons. The second-order valence-electron chi connectivity index (χ2n) is 31.7. The van der Waals surface area contributed by atoms with Gasteiger partial charge in [0.1, 0.15) is 11.6 Å². The second kappa shape index (κ2) is 21.0. The van der Waals surface area contributed by atoms with Gasteiger partial charge in [0.15, 0.2) is 0 Å². The van der Waals surface area contributed by atoms with Crippen molar-refractivity contribution >= 4 is 87.2 Å². The third kappa shape index (κ3) is 9.31. The van der Waals surface area contributed by atoms with Crippen LogP contribution in [-0.4, -0.2) is 18.3 Å². The second-order valence-corrected chi connectivity index (χ2v) is 31.7. The Labute approximate surface area is 551 Å². The van der Waals surface area contributed by atoms with Crippen LogP contribution >= 0.6 is 0 Å². The van der Waals surface area contributed by atoms with Crippen LogP contribution in [0.4, 0.5) is 8.78 Å². The fourth-order valence-corrected chi connectivity index (χ4v) is 15.8. The lowest BCUT2D eigenvalue weighted by molar-refractivity contribution is 0.455. The van der Waals surface area contributed by atoms with E-state index in [1.165, 1.54) is 22.3 Å². The number of hydrogen-bond acceptors (Lipinski definition) is 0. The Kier molecular flexibility index (Phi) is 13.6. The van der Waals surface area contributed by atoms with E-state index in [1.54, 1.807) is 24.3 Å². The summed E-state index contributed by atoms with van der Waals surface area (Å²) in [6.07, 6.45) is 0. The van der Waals surface area contributed by atoms with E-state index in [1.807, 2.05) is 24.3 Å². The maximum atomic E-state index is 16.4. The number of hydrogen-bond donors (Lipinski definition) is 0. The average Bonchev–Trinajstić information content (AvgIpc) is 1.54. The highest BCUT2D eigenvalue weighted by Crippen LogP contribution is 2.58. The fraction of sp³-hybridized carbons (Fsp3) is 0.250. The third-order valence-electron chi connectivity index (χ3n) is 20.7. The van der Waals surface area contributed by atoms with Gasteiger partial charge in [-0.1, -0.05) is 204 Å². The van der Waals surface area contributed by atoms with Gasteiger partial charge in [0.2, 0.25) is 0 Å². The van der Waals surface area contributed by atoms with Gasteiger partial charge in [0.05, 0.1) is 44.5 Å². The first-order chi connectivity index (χ1) is 44.5. The zero-order valence-electron chi connectivity index (χ0n) is 57.3. The molecule has 4 nitrogen and oxygen atoms in total. The van der Waals surface area contributed by atoms with Crippen molar-refractivity contribution in [1.82, 2.24) is 18.3 Å². The van der Waals surface area contributed by atoms with Crippen molar-refractivity contribution in [2.45, 2.75) is 144 Å². The number of fused-ring (bicyclic) bond motifs is 12. The fourth-order valence-electron chi connectivity index (χ4n) is 15.8. The molecule has 0 fully saturated rings. The molecule has 0 bridgehead atoms. The number of nitrogens with zero attached hydrogens (tertiary/aromatic N) is 4. The molecule has 0 N–H and O–H groups in total. The van der Waals surface area contributed by atoms with E-state index >= 15 is 8.78 Å². The van der Waals surface area contributed by atoms with Gasteiger partial charge < -0.3 is 18.3 Å². The number of para-hydroxylation sites is 4. The van der Waals surface area contributed by atoms with Gasteiger partial charge in [-0.15, -0.1) is 0 Å². The predicted octanol–water partition coefficient (Wildman–Crippen LogP) is 24.5. The van der Waals surface area contributed by atoms with Crippen molar-refractivity contribution in [3.8, 4) is 33.6 Å². The first-order valence-corrected chi connectivity index (χ1v) is 33.5. The maximum Gasteiger partial charge on any atom is 0.123 e. The SMILES string of the molecule is CC(C)(C)c1ccc2c(c1)c1cc(C(C)(C)C)ccc1n2-c1c(-c2ccc(F)cc2)c(C(C)(C)n2c3ccccc3c3ccccc32)c(-c2ccc(F)cc2)c(-n2c3ccc(C(C)(C)C)cc3c3cc(C(C)(C)C)ccc32)c1C(C)(C)n1c2ccccc2c2ccccc21. The number of rotatable bonds is 8. The molecule has 0 aliphatic carbocycles. The minimum atomic E-state index is -0.994. The minimum absolute atomic E-state index is 0.174. The Morgan fingerprint density at radius 3 is 0.745 bits per heavy atom. The standard InChI is InChI=1S/C88H84F2N4/c1-83(2,3)55-37-45-69-65(49-55)66-50-56(84(4,5)6)38-46-70(66)91(69)81-77(53-33-41-59(89)42-34-53)79(87(13,14)93-73-29-21-17-25-61(73)62-26-18-22-30-74(62)93)78(54-35-43-60(90)44-36-54)82(80(81)88(15,16)94-75-31-23-19-27-63(75)64-28-20-24-32-76(64)94)92-71-47-39-57(85(7,8)9)51-67(71)68-52-58(86(10,11)12)40-48-72(68)92/h17-52H,1-16H3. The molecule has 11 aromatic carbocycles. The quantitative estimate of drug-likeness (QED) is 0.144. The van der Waals surface area contributed by atoms with Crippen LogP contribution in [0.25, 0.3) is 121 Å². The molecule has 0 aliphatic heterocycles. The number of aromatic nitrogens is 4. The molecule has 4 heterocycles. The summed E-state index contributed by atoms with van der Waals surface area (Å²) in [4.78, 5) is 0. The van der Waals surface area contributed by atoms with Gasteiger partial charge in [-0.05, 0) is 185 Å². The molecule has 0 aliphatic rings. The van der Waals surface area contributed by atoms with Crippen LogP contribution in [0.15, 0.2) is 218 Å². The molecule has 0 spiro atoms. The summed E-state index contributed by atoms with van der Waals surface area (Å²) in [5.41, 5.74) is 18.3. The van der Waals surface area contributed by atoms with Gasteiger partial charge >= 0.3 is 0 Å². The Bertz CT molecular complexity index is 5120. The molecule has 15 aromatic rings. The summed E-state index contributed by atoms with van der Waals surface area (Å²) >= 11 is 0. The van der Waals surface area contributed by atoms with E-state index in [-0.39, 0.29) is 33.3 Å². The average molecular weight is 1240 g/mol. The smallest absolute Gasteiger partial charge is 0.123 e. The van der Waals surface area contributed by atoms with Crippen LogP contribution < -0.4 is 0 Å². The molecule has 15 rings (SSSR count). The van der Waals surface area contributed by atoms with E-state index in [9.17, 15) is 0 Å². The first-order valence-electron chi connectivity index (χ1n) is 33.5. The van der Waals surface area contributed by atoms with Crippen molar-refractivity contribution in [3.05, 3.63) is 263 Å². The summed E-state index contributed by atoms with van der Waals surface area (Å²) in [5, 5.41) is 9.17. The molecule has 0 atom stereocenters. The van der Waals surface area contributed by atoms with Crippen LogP contribution in [0.3, 0.4) is 0 Å². The lowest BCUT2D eigenvalue weighted by Crippen LogP contribution is -2.35. The van der Waals surface area contributed by atoms with Gasteiger partial charge in [0.25, 0.3) is 0 Å². The Balaban J connectivity index is 1.32. The van der Waals surface area contributed by atoms with Gasteiger partial charge in [-0.3, -0.25) is 0 Å². The Hall–Kier alpha value is -9.52. The molecule has 0 amide bonds. The molecule has 0 unspecified atom stereocenters.